The Morgan fingerprint density at radius 1 is 0.952 bits per heavy atom. The molecule has 0 bridgehead atoms. The van der Waals surface area contributed by atoms with Crippen LogP contribution in [0.25, 0.3) is 0 Å². The van der Waals surface area contributed by atoms with Crippen LogP contribution in [0.15, 0.2) is 54.6 Å². The number of carbonyl (C=O) groups excluding carboxylic acids is 1. The van der Waals surface area contributed by atoms with Gasteiger partial charge in [-0.3, -0.25) is 4.79 Å². The number of aliphatic hydroxyl groups is 1. The molecule has 0 aromatic heterocycles. The summed E-state index contributed by atoms with van der Waals surface area (Å²) in [6.07, 6.45) is -0.627. The molecule has 21 heavy (non-hydrogen) atoms. The Kier molecular flexibility index (Phi) is 2.82. The highest BCUT2D eigenvalue weighted by Crippen LogP contribution is 2.51. The van der Waals surface area contributed by atoms with E-state index >= 15 is 0 Å². The van der Waals surface area contributed by atoms with Crippen molar-refractivity contribution < 1.29 is 14.6 Å². The van der Waals surface area contributed by atoms with Gasteiger partial charge in [-0.2, -0.15) is 0 Å². The fourth-order valence-electron chi connectivity index (χ4n) is 3.76. The molecule has 0 saturated carbocycles. The van der Waals surface area contributed by atoms with Crippen LogP contribution in [-0.4, -0.2) is 17.7 Å². The summed E-state index contributed by atoms with van der Waals surface area (Å²) in [6.45, 7) is 0.308. The zero-order chi connectivity index (χ0) is 14.4. The summed E-state index contributed by atoms with van der Waals surface area (Å²) in [5.41, 5.74) is 3.06. The van der Waals surface area contributed by atoms with Gasteiger partial charge in [-0.25, -0.2) is 0 Å². The van der Waals surface area contributed by atoms with E-state index in [4.69, 9.17) is 4.74 Å². The smallest absolute Gasteiger partial charge is 0.310 e. The number of cyclic esters (lactones) is 1. The molecule has 1 fully saturated rings. The Morgan fingerprint density at radius 2 is 1.62 bits per heavy atom. The molecule has 1 saturated heterocycles. The third-order valence-corrected chi connectivity index (χ3v) is 4.72. The van der Waals surface area contributed by atoms with Crippen molar-refractivity contribution in [2.45, 2.75) is 12.0 Å². The molecule has 2 aromatic carbocycles. The lowest BCUT2D eigenvalue weighted by Crippen LogP contribution is -2.34. The zero-order valence-corrected chi connectivity index (χ0v) is 11.5. The molecule has 1 N–H and O–H groups in total. The standard InChI is InChI=1S/C18H16O3/c19-17-13-9-5-4-8-12(13)15(11-6-2-1-3-7-11)16-14(17)10-21-18(16)20/h1-9,14-17,19H,10H2/t14-,15+,16+,17-/m1/s1. The molecule has 0 amide bonds. The largest absolute Gasteiger partial charge is 0.465 e. The van der Waals surface area contributed by atoms with Gasteiger partial charge in [0.2, 0.25) is 0 Å². The number of aliphatic hydroxyl groups excluding tert-OH is 1. The number of esters is 1. The molecule has 3 heteroatoms. The van der Waals surface area contributed by atoms with Crippen molar-refractivity contribution in [2.75, 3.05) is 6.61 Å². The maximum Gasteiger partial charge on any atom is 0.310 e. The molecule has 106 valence electrons. The van der Waals surface area contributed by atoms with E-state index in [9.17, 15) is 9.90 Å². The number of rotatable bonds is 1. The number of fused-ring (bicyclic) bond motifs is 2. The Morgan fingerprint density at radius 3 is 2.38 bits per heavy atom. The fraction of sp³-hybridized carbons (Fsp3) is 0.278. The Balaban J connectivity index is 1.93. The molecule has 0 radical (unpaired) electrons. The first-order chi connectivity index (χ1) is 10.3. The summed E-state index contributed by atoms with van der Waals surface area (Å²) in [4.78, 5) is 12.2. The van der Waals surface area contributed by atoms with Gasteiger partial charge in [0.05, 0.1) is 18.6 Å². The first-order valence-electron chi connectivity index (χ1n) is 7.26. The third kappa shape index (κ3) is 1.81. The first-order valence-corrected chi connectivity index (χ1v) is 7.26. The number of carbonyl (C=O) groups is 1. The minimum Gasteiger partial charge on any atom is -0.465 e. The van der Waals surface area contributed by atoms with Gasteiger partial charge in [0.1, 0.15) is 0 Å². The van der Waals surface area contributed by atoms with Crippen LogP contribution in [0.3, 0.4) is 0 Å². The Bertz CT molecular complexity index is 680. The van der Waals surface area contributed by atoms with Crippen molar-refractivity contribution in [3.8, 4) is 0 Å². The van der Waals surface area contributed by atoms with Gasteiger partial charge in [-0.15, -0.1) is 0 Å². The summed E-state index contributed by atoms with van der Waals surface area (Å²) in [7, 11) is 0. The summed E-state index contributed by atoms with van der Waals surface area (Å²) in [5, 5.41) is 10.6. The lowest BCUT2D eigenvalue weighted by molar-refractivity contribution is -0.141. The predicted octanol–water partition coefficient (Wildman–Crippen LogP) is 2.65. The minimum absolute atomic E-state index is 0.0363. The van der Waals surface area contributed by atoms with Crippen molar-refractivity contribution in [3.05, 3.63) is 71.3 Å². The van der Waals surface area contributed by atoms with Gasteiger partial charge >= 0.3 is 5.97 Å². The third-order valence-electron chi connectivity index (χ3n) is 4.72. The first kappa shape index (κ1) is 12.6. The Hall–Kier alpha value is -2.13. The summed E-state index contributed by atoms with van der Waals surface area (Å²) in [6, 6.07) is 17.9. The lowest BCUT2D eigenvalue weighted by Gasteiger charge is -2.36. The molecule has 0 unspecified atom stereocenters. The van der Waals surface area contributed by atoms with E-state index in [2.05, 4.69) is 0 Å². The van der Waals surface area contributed by atoms with E-state index in [1.165, 1.54) is 0 Å². The van der Waals surface area contributed by atoms with E-state index in [0.29, 0.717) is 6.61 Å². The van der Waals surface area contributed by atoms with Gasteiger partial charge < -0.3 is 9.84 Å². The molecular weight excluding hydrogens is 264 g/mol. The van der Waals surface area contributed by atoms with Crippen LogP contribution in [-0.2, 0) is 9.53 Å². The number of hydrogen-bond donors (Lipinski definition) is 1. The number of hydrogen-bond acceptors (Lipinski definition) is 3. The summed E-state index contributed by atoms with van der Waals surface area (Å²) >= 11 is 0. The fourth-order valence-corrected chi connectivity index (χ4v) is 3.76. The van der Waals surface area contributed by atoms with Gasteiger partial charge in [-0.05, 0) is 16.7 Å². The van der Waals surface area contributed by atoms with Gasteiger partial charge in [0.15, 0.2) is 0 Å². The highest BCUT2D eigenvalue weighted by molar-refractivity contribution is 5.78. The lowest BCUT2D eigenvalue weighted by atomic mass is 9.66. The van der Waals surface area contributed by atoms with Crippen molar-refractivity contribution in [1.82, 2.24) is 0 Å². The number of ether oxygens (including phenoxy) is 1. The SMILES string of the molecule is O=C1OC[C@@H]2[C@H]1[C@@H](c1ccccc1)c1ccccc1[C@H]2O. The zero-order valence-electron chi connectivity index (χ0n) is 11.5. The predicted molar refractivity (Wildman–Crippen MR) is 77.6 cm³/mol. The second-order valence-electron chi connectivity index (χ2n) is 5.78. The van der Waals surface area contributed by atoms with Gasteiger partial charge in [-0.1, -0.05) is 54.6 Å². The summed E-state index contributed by atoms with van der Waals surface area (Å²) in [5.74, 6) is -0.678. The van der Waals surface area contributed by atoms with Crippen LogP contribution >= 0.6 is 0 Å². The molecule has 0 spiro atoms. The number of benzene rings is 2. The van der Waals surface area contributed by atoms with Gasteiger partial charge in [0, 0.05) is 11.8 Å². The molecule has 1 heterocycles. The van der Waals surface area contributed by atoms with Crippen LogP contribution in [0.1, 0.15) is 28.7 Å². The molecule has 1 aliphatic heterocycles. The van der Waals surface area contributed by atoms with Crippen molar-refractivity contribution in [2.24, 2.45) is 11.8 Å². The van der Waals surface area contributed by atoms with E-state index < -0.39 is 6.10 Å². The molecule has 4 rings (SSSR count). The quantitative estimate of drug-likeness (QED) is 0.817. The molecule has 3 nitrogen and oxygen atoms in total. The average Bonchev–Trinajstić information content (AvgIpc) is 2.91. The second kappa shape index (κ2) is 4.71. The Labute approximate surface area is 123 Å². The van der Waals surface area contributed by atoms with E-state index in [-0.39, 0.29) is 23.7 Å². The average molecular weight is 280 g/mol. The maximum absolute atomic E-state index is 12.2. The molecule has 2 aliphatic rings. The normalized spacial score (nSPS) is 30.4. The molecule has 1 aliphatic carbocycles. The van der Waals surface area contributed by atoms with E-state index in [0.717, 1.165) is 16.7 Å². The van der Waals surface area contributed by atoms with E-state index in [1.54, 1.807) is 0 Å². The van der Waals surface area contributed by atoms with Crippen LogP contribution in [0.4, 0.5) is 0 Å². The van der Waals surface area contributed by atoms with Crippen LogP contribution in [0.5, 0.6) is 0 Å². The van der Waals surface area contributed by atoms with Crippen LogP contribution < -0.4 is 0 Å². The molecular formula is C18H16O3. The van der Waals surface area contributed by atoms with Crippen molar-refractivity contribution in [3.63, 3.8) is 0 Å². The van der Waals surface area contributed by atoms with Gasteiger partial charge in [0.25, 0.3) is 0 Å². The van der Waals surface area contributed by atoms with E-state index in [1.807, 2.05) is 54.6 Å². The second-order valence-corrected chi connectivity index (χ2v) is 5.78. The maximum atomic E-state index is 12.2. The highest BCUT2D eigenvalue weighted by Gasteiger charge is 2.51. The van der Waals surface area contributed by atoms with Crippen LogP contribution in [0.2, 0.25) is 0 Å². The molecule has 2 aromatic rings. The highest BCUT2D eigenvalue weighted by atomic mass is 16.5. The molecule has 4 atom stereocenters. The monoisotopic (exact) mass is 280 g/mol. The van der Waals surface area contributed by atoms with Crippen LogP contribution in [0, 0.1) is 11.8 Å². The summed E-state index contributed by atoms with van der Waals surface area (Å²) < 4.78 is 5.25. The topological polar surface area (TPSA) is 46.5 Å². The van der Waals surface area contributed by atoms with Crippen molar-refractivity contribution in [1.29, 1.82) is 0 Å². The minimum atomic E-state index is -0.627. The van der Waals surface area contributed by atoms with Crippen molar-refractivity contribution >= 4 is 5.97 Å².